The lowest BCUT2D eigenvalue weighted by Gasteiger charge is -2.48. The zero-order valence-corrected chi connectivity index (χ0v) is 16.0. The highest BCUT2D eigenvalue weighted by Gasteiger charge is 2.39. The van der Waals surface area contributed by atoms with Crippen LogP contribution in [0.4, 0.5) is 5.69 Å². The molecule has 28 heavy (non-hydrogen) atoms. The molecule has 3 atom stereocenters. The number of fused-ring (bicyclic) bond motifs is 2. The van der Waals surface area contributed by atoms with Gasteiger partial charge in [0.1, 0.15) is 0 Å². The lowest BCUT2D eigenvalue weighted by molar-refractivity contribution is -0.120. The van der Waals surface area contributed by atoms with Crippen molar-refractivity contribution in [2.24, 2.45) is 0 Å². The van der Waals surface area contributed by atoms with Gasteiger partial charge in [0.2, 0.25) is 5.91 Å². The second-order valence-electron chi connectivity index (χ2n) is 7.83. The van der Waals surface area contributed by atoms with Gasteiger partial charge in [-0.2, -0.15) is 0 Å². The van der Waals surface area contributed by atoms with Gasteiger partial charge in [0.25, 0.3) is 5.91 Å². The zero-order chi connectivity index (χ0) is 19.3. The Balaban J connectivity index is 1.35. The lowest BCUT2D eigenvalue weighted by atomic mass is 9.81. The van der Waals surface area contributed by atoms with Crippen LogP contribution in [0.2, 0.25) is 0 Å². The Kier molecular flexibility index (Phi) is 5.72. The fourth-order valence-electron chi connectivity index (χ4n) is 4.60. The molecule has 5 nitrogen and oxygen atoms in total. The van der Waals surface area contributed by atoms with E-state index in [4.69, 9.17) is 0 Å². The Morgan fingerprint density at radius 3 is 2.14 bits per heavy atom. The summed E-state index contributed by atoms with van der Waals surface area (Å²) in [4.78, 5) is 27.4. The number of nitrogens with one attached hydrogen (secondary N) is 2. The summed E-state index contributed by atoms with van der Waals surface area (Å²) in [6, 6.07) is 19.9. The first kappa shape index (κ1) is 18.7. The molecule has 1 unspecified atom stereocenters. The number of nitrogens with zero attached hydrogens (tertiary/aromatic N) is 1. The largest absolute Gasteiger partial charge is 0.349 e. The van der Waals surface area contributed by atoms with Gasteiger partial charge in [0.15, 0.2) is 0 Å². The van der Waals surface area contributed by atoms with Gasteiger partial charge in [-0.05, 0) is 49.9 Å². The van der Waals surface area contributed by atoms with Crippen molar-refractivity contribution in [1.82, 2.24) is 10.2 Å². The molecule has 4 rings (SSSR count). The van der Waals surface area contributed by atoms with Crippen molar-refractivity contribution < 1.29 is 9.59 Å². The van der Waals surface area contributed by atoms with Gasteiger partial charge in [0, 0.05) is 29.4 Å². The molecule has 2 aliphatic rings. The van der Waals surface area contributed by atoms with Crippen LogP contribution in [0.5, 0.6) is 0 Å². The molecule has 0 radical (unpaired) electrons. The molecule has 2 N–H and O–H groups in total. The number of hydrogen-bond donors (Lipinski definition) is 2. The van der Waals surface area contributed by atoms with Gasteiger partial charge in [-0.3, -0.25) is 14.5 Å². The fourth-order valence-corrected chi connectivity index (χ4v) is 4.60. The van der Waals surface area contributed by atoms with Crippen molar-refractivity contribution in [1.29, 1.82) is 0 Å². The normalized spacial score (nSPS) is 24.4. The molecule has 2 aromatic rings. The Labute approximate surface area is 166 Å². The van der Waals surface area contributed by atoms with E-state index in [-0.39, 0.29) is 17.9 Å². The highest BCUT2D eigenvalue weighted by atomic mass is 16.2. The highest BCUT2D eigenvalue weighted by molar-refractivity contribution is 5.94. The molecule has 5 heteroatoms. The predicted octanol–water partition coefficient (Wildman–Crippen LogP) is 3.44. The van der Waals surface area contributed by atoms with Crippen molar-refractivity contribution in [2.45, 2.75) is 50.2 Å². The number of carbonyl (C=O) groups excluding carboxylic acids is 2. The molecule has 2 saturated heterocycles. The topological polar surface area (TPSA) is 61.4 Å². The Morgan fingerprint density at radius 1 is 0.893 bits per heavy atom. The Morgan fingerprint density at radius 2 is 1.50 bits per heavy atom. The summed E-state index contributed by atoms with van der Waals surface area (Å²) in [6.07, 6.45) is 5.20. The van der Waals surface area contributed by atoms with Crippen LogP contribution in [0.25, 0.3) is 0 Å². The molecule has 2 fully saturated rings. The molecule has 2 bridgehead atoms. The van der Waals surface area contributed by atoms with Crippen LogP contribution in [-0.2, 0) is 4.79 Å². The number of piperidine rings is 2. The summed E-state index contributed by atoms with van der Waals surface area (Å²) in [6.45, 7) is 0.420. The van der Waals surface area contributed by atoms with Crippen LogP contribution < -0.4 is 10.6 Å². The standard InChI is InChI=1S/C23H27N3O2/c27-22(24-18-10-5-2-6-11-18)16-26-20-12-7-13-21(26)15-19(14-20)25-23(28)17-8-3-1-4-9-17/h1-6,8-11,19-21H,7,12-16H2,(H,24,27)(H,25,28)/t19?,20-,21+. The van der Waals surface area contributed by atoms with Gasteiger partial charge in [0.05, 0.1) is 6.54 Å². The molecular formula is C23H27N3O2. The van der Waals surface area contributed by atoms with Gasteiger partial charge < -0.3 is 10.6 Å². The zero-order valence-electron chi connectivity index (χ0n) is 16.0. The van der Waals surface area contributed by atoms with E-state index in [2.05, 4.69) is 15.5 Å². The van der Waals surface area contributed by atoms with Crippen molar-refractivity contribution >= 4 is 17.5 Å². The summed E-state index contributed by atoms with van der Waals surface area (Å²) < 4.78 is 0. The molecule has 2 heterocycles. The van der Waals surface area contributed by atoms with Crippen LogP contribution in [0.1, 0.15) is 42.5 Å². The molecular weight excluding hydrogens is 350 g/mol. The lowest BCUT2D eigenvalue weighted by Crippen LogP contribution is -2.58. The molecule has 0 aromatic heterocycles. The van der Waals surface area contributed by atoms with Crippen molar-refractivity contribution in [3.05, 3.63) is 66.2 Å². The van der Waals surface area contributed by atoms with Gasteiger partial charge in [-0.25, -0.2) is 0 Å². The van der Waals surface area contributed by atoms with Crippen LogP contribution in [0.3, 0.4) is 0 Å². The minimum absolute atomic E-state index is 0.000978. The van der Waals surface area contributed by atoms with Crippen molar-refractivity contribution in [3.8, 4) is 0 Å². The minimum atomic E-state index is -0.000978. The number of anilines is 1. The molecule has 0 saturated carbocycles. The van der Waals surface area contributed by atoms with E-state index >= 15 is 0 Å². The number of hydrogen-bond acceptors (Lipinski definition) is 3. The first-order valence-corrected chi connectivity index (χ1v) is 10.2. The van der Waals surface area contributed by atoms with Crippen molar-refractivity contribution in [2.75, 3.05) is 11.9 Å². The summed E-state index contributed by atoms with van der Waals surface area (Å²) in [7, 11) is 0. The van der Waals surface area contributed by atoms with E-state index in [0.29, 0.717) is 24.2 Å². The maximum absolute atomic E-state index is 12.5. The van der Waals surface area contributed by atoms with Crippen LogP contribution >= 0.6 is 0 Å². The minimum Gasteiger partial charge on any atom is -0.349 e. The van der Waals surface area contributed by atoms with E-state index in [0.717, 1.165) is 31.4 Å². The molecule has 2 aliphatic heterocycles. The van der Waals surface area contributed by atoms with Gasteiger partial charge in [-0.15, -0.1) is 0 Å². The summed E-state index contributed by atoms with van der Waals surface area (Å²) in [5.41, 5.74) is 1.54. The van der Waals surface area contributed by atoms with Crippen LogP contribution in [0.15, 0.2) is 60.7 Å². The predicted molar refractivity (Wildman–Crippen MR) is 110 cm³/mol. The van der Waals surface area contributed by atoms with Crippen LogP contribution in [-0.4, -0.2) is 41.4 Å². The van der Waals surface area contributed by atoms with E-state index in [1.54, 1.807) is 0 Å². The monoisotopic (exact) mass is 377 g/mol. The molecule has 2 amide bonds. The number of para-hydroxylation sites is 1. The summed E-state index contributed by atoms with van der Waals surface area (Å²) >= 11 is 0. The Hall–Kier alpha value is -2.66. The van der Waals surface area contributed by atoms with Gasteiger partial charge >= 0.3 is 0 Å². The fraction of sp³-hybridized carbons (Fsp3) is 0.391. The third-order valence-electron chi connectivity index (χ3n) is 5.88. The van der Waals surface area contributed by atoms with E-state index in [1.807, 2.05) is 60.7 Å². The van der Waals surface area contributed by atoms with E-state index in [9.17, 15) is 9.59 Å². The molecule has 146 valence electrons. The molecule has 0 spiro atoms. The van der Waals surface area contributed by atoms with E-state index < -0.39 is 0 Å². The second-order valence-corrected chi connectivity index (χ2v) is 7.83. The number of rotatable bonds is 5. The summed E-state index contributed by atoms with van der Waals surface area (Å²) in [5.74, 6) is 0.0359. The smallest absolute Gasteiger partial charge is 0.251 e. The third-order valence-corrected chi connectivity index (χ3v) is 5.88. The number of benzene rings is 2. The first-order valence-electron chi connectivity index (χ1n) is 10.2. The SMILES string of the molecule is O=C(CN1[C@@H]2CCC[C@H]1CC(NC(=O)c1ccccc1)C2)Nc1ccccc1. The van der Waals surface area contributed by atoms with Crippen molar-refractivity contribution in [3.63, 3.8) is 0 Å². The highest BCUT2D eigenvalue weighted by Crippen LogP contribution is 2.34. The first-order chi connectivity index (χ1) is 13.7. The average Bonchev–Trinajstić information content (AvgIpc) is 2.70. The maximum Gasteiger partial charge on any atom is 0.251 e. The quantitative estimate of drug-likeness (QED) is 0.839. The number of amides is 2. The Bertz CT molecular complexity index is 795. The number of carbonyl (C=O) groups is 2. The summed E-state index contributed by atoms with van der Waals surface area (Å²) in [5, 5.41) is 6.20. The molecule has 0 aliphatic carbocycles. The third kappa shape index (κ3) is 4.42. The maximum atomic E-state index is 12.5. The van der Waals surface area contributed by atoms with Crippen LogP contribution in [0, 0.1) is 0 Å². The molecule has 2 aromatic carbocycles. The van der Waals surface area contributed by atoms with E-state index in [1.165, 1.54) is 6.42 Å². The van der Waals surface area contributed by atoms with Gasteiger partial charge in [-0.1, -0.05) is 42.8 Å². The second kappa shape index (κ2) is 8.57. The average molecular weight is 377 g/mol.